The number of nitrogens with zero attached hydrogens (tertiary/aromatic N) is 2. The number of anilines is 1. The lowest BCUT2D eigenvalue weighted by Gasteiger charge is -2.21. The minimum atomic E-state index is -5.43. The average molecular weight is 1020 g/mol. The zero-order valence-corrected chi connectivity index (χ0v) is 42.6. The lowest BCUT2D eigenvalue weighted by atomic mass is 10.0. The molecular formula is C48H81N3O16P2. The van der Waals surface area contributed by atoms with Gasteiger partial charge in [-0.1, -0.05) is 140 Å². The number of nitrogens with two attached hydrogens (primary N) is 1. The van der Waals surface area contributed by atoms with Gasteiger partial charge < -0.3 is 44.7 Å². The minimum absolute atomic E-state index is 0.0382. The Bertz CT molecular complexity index is 1860. The molecule has 3 rings (SSSR count). The highest BCUT2D eigenvalue weighted by Gasteiger charge is 2.46. The molecule has 2 aliphatic heterocycles. The van der Waals surface area contributed by atoms with E-state index in [0.29, 0.717) is 25.4 Å². The van der Waals surface area contributed by atoms with Crippen molar-refractivity contribution in [1.82, 2.24) is 9.55 Å². The number of carbonyl (C=O) groups is 2. The largest absolute Gasteiger partial charge is 0.481 e. The summed E-state index contributed by atoms with van der Waals surface area (Å²) in [6, 6.07) is 1.24. The highest BCUT2D eigenvalue weighted by molar-refractivity contribution is 7.61. The summed E-state index contributed by atoms with van der Waals surface area (Å²) in [5.41, 5.74) is 4.58. The van der Waals surface area contributed by atoms with Gasteiger partial charge in [-0.05, 0) is 57.4 Å². The third-order valence-corrected chi connectivity index (χ3v) is 14.2. The molecule has 2 saturated heterocycles. The molecule has 0 aliphatic carbocycles. The fourth-order valence-corrected chi connectivity index (χ4v) is 9.69. The summed E-state index contributed by atoms with van der Waals surface area (Å²) in [5.74, 6) is -1.37. The molecule has 9 atom stereocenters. The van der Waals surface area contributed by atoms with Gasteiger partial charge in [0.15, 0.2) is 12.3 Å². The zero-order valence-electron chi connectivity index (χ0n) is 40.8. The number of aromatic nitrogens is 2. The van der Waals surface area contributed by atoms with Crippen molar-refractivity contribution in [2.45, 2.75) is 211 Å². The molecule has 394 valence electrons. The second-order valence-corrected chi connectivity index (χ2v) is 20.8. The first-order chi connectivity index (χ1) is 33.1. The fourth-order valence-electron chi connectivity index (χ4n) is 7.58. The Hall–Kier alpha value is -3.06. The van der Waals surface area contributed by atoms with Crippen LogP contribution in [0.15, 0.2) is 53.5 Å². The maximum Gasteiger partial charge on any atom is 0.481 e. The Morgan fingerprint density at radius 2 is 1.26 bits per heavy atom. The predicted octanol–water partition coefficient (Wildman–Crippen LogP) is 8.99. The van der Waals surface area contributed by atoms with Crippen LogP contribution in [-0.4, -0.2) is 97.9 Å². The van der Waals surface area contributed by atoms with Crippen LogP contribution in [0.3, 0.4) is 0 Å². The summed E-state index contributed by atoms with van der Waals surface area (Å²) in [4.78, 5) is 61.9. The normalized spacial score (nSPS) is 22.6. The van der Waals surface area contributed by atoms with Gasteiger partial charge in [0.25, 0.3) is 0 Å². The Kier molecular flexibility index (Phi) is 30.0. The molecule has 0 aromatic carbocycles. The van der Waals surface area contributed by atoms with Gasteiger partial charge in [0.1, 0.15) is 30.7 Å². The third kappa shape index (κ3) is 26.8. The molecule has 1 aromatic heterocycles. The quantitative estimate of drug-likeness (QED) is 0.0135. The summed E-state index contributed by atoms with van der Waals surface area (Å²) >= 11 is 0. The molecule has 2 fully saturated rings. The summed E-state index contributed by atoms with van der Waals surface area (Å²) in [5, 5.41) is 20.9. The summed E-state index contributed by atoms with van der Waals surface area (Å²) in [6.07, 6.45) is 29.8. The van der Waals surface area contributed by atoms with Crippen LogP contribution < -0.4 is 11.4 Å². The molecule has 0 saturated carbocycles. The summed E-state index contributed by atoms with van der Waals surface area (Å²) < 4.78 is 62.4. The Morgan fingerprint density at radius 3 is 1.91 bits per heavy atom. The van der Waals surface area contributed by atoms with E-state index in [1.54, 1.807) is 0 Å². The molecule has 4 unspecified atom stereocenters. The number of esters is 2. The molecule has 19 nitrogen and oxygen atoms in total. The molecule has 3 heterocycles. The number of phosphoric ester groups is 2. The number of hydrogen-bond acceptors (Lipinski definition) is 16. The van der Waals surface area contributed by atoms with Crippen LogP contribution in [0, 0.1) is 0 Å². The van der Waals surface area contributed by atoms with Gasteiger partial charge in [-0.2, -0.15) is 9.29 Å². The van der Waals surface area contributed by atoms with E-state index in [0.717, 1.165) is 62.1 Å². The van der Waals surface area contributed by atoms with Gasteiger partial charge in [0, 0.05) is 19.0 Å². The molecule has 0 spiro atoms. The maximum atomic E-state index is 12.8. The van der Waals surface area contributed by atoms with E-state index in [1.807, 2.05) is 12.2 Å². The van der Waals surface area contributed by atoms with E-state index in [2.05, 4.69) is 47.4 Å². The number of unbranched alkanes of at least 4 members (excludes halogenated alkanes) is 16. The van der Waals surface area contributed by atoms with Crippen LogP contribution in [0.1, 0.15) is 174 Å². The third-order valence-electron chi connectivity index (χ3n) is 11.6. The minimum Gasteiger partial charge on any atom is -0.462 e. The number of carbonyl (C=O) groups excluding carboxylic acids is 2. The molecule has 21 heteroatoms. The molecule has 6 N–H and O–H groups in total. The van der Waals surface area contributed by atoms with Crippen LogP contribution in [0.4, 0.5) is 5.82 Å². The Labute approximate surface area is 408 Å². The number of hydrogen-bond donors (Lipinski definition) is 5. The maximum absolute atomic E-state index is 12.8. The van der Waals surface area contributed by atoms with Crippen LogP contribution in [0.25, 0.3) is 0 Å². The van der Waals surface area contributed by atoms with Crippen molar-refractivity contribution in [2.75, 3.05) is 25.6 Å². The van der Waals surface area contributed by atoms with Gasteiger partial charge in [0.05, 0.1) is 25.4 Å². The molecule has 0 bridgehead atoms. The number of ether oxygens (including phenoxy) is 4. The Morgan fingerprint density at radius 1 is 0.710 bits per heavy atom. The number of aliphatic hydroxyl groups is 2. The van der Waals surface area contributed by atoms with Gasteiger partial charge in [-0.3, -0.25) is 23.2 Å². The SMILES string of the molecule is CCCCC/C=C\CC1OC1C/C=C\C/C=C\CCCC(=O)OC[C@H](COP(=O)(O)OP(=O)(O)OC[C@H]1O[C@@H](n2ccc(N)nc2=O)[C@H](O)[C@@H]1O)OC(=O)CCCCCCCCCCCCCCC. The van der Waals surface area contributed by atoms with Crippen molar-refractivity contribution in [2.24, 2.45) is 0 Å². The second kappa shape index (κ2) is 34.3. The van der Waals surface area contributed by atoms with Crippen LogP contribution in [0.5, 0.6) is 0 Å². The van der Waals surface area contributed by atoms with Gasteiger partial charge in [-0.15, -0.1) is 0 Å². The molecular weight excluding hydrogens is 936 g/mol. The average Bonchev–Trinajstić information content (AvgIpc) is 3.99. The van der Waals surface area contributed by atoms with Crippen molar-refractivity contribution < 1.29 is 71.0 Å². The molecule has 0 amide bonds. The number of allylic oxidation sites excluding steroid dienone is 4. The van der Waals surface area contributed by atoms with Crippen LogP contribution >= 0.6 is 15.6 Å². The second-order valence-electron chi connectivity index (χ2n) is 17.7. The number of phosphoric acid groups is 2. The van der Waals surface area contributed by atoms with Crippen LogP contribution in [-0.2, 0) is 51.0 Å². The number of nitrogen functional groups attached to an aromatic ring is 1. The molecule has 1 aromatic rings. The summed E-state index contributed by atoms with van der Waals surface area (Å²) in [7, 11) is -10.9. The topological polar surface area (TPSA) is 278 Å². The zero-order chi connectivity index (χ0) is 50.3. The van der Waals surface area contributed by atoms with E-state index < -0.39 is 83.7 Å². The van der Waals surface area contributed by atoms with E-state index in [9.17, 15) is 43.5 Å². The van der Waals surface area contributed by atoms with Crippen molar-refractivity contribution in [3.8, 4) is 0 Å². The monoisotopic (exact) mass is 1020 g/mol. The smallest absolute Gasteiger partial charge is 0.462 e. The predicted molar refractivity (Wildman–Crippen MR) is 261 cm³/mol. The van der Waals surface area contributed by atoms with Crippen LogP contribution in [0.2, 0.25) is 0 Å². The van der Waals surface area contributed by atoms with E-state index in [4.69, 9.17) is 33.7 Å². The van der Waals surface area contributed by atoms with E-state index >= 15 is 0 Å². The first kappa shape index (κ1) is 60.2. The standard InChI is InChI=1S/C48H81N3O16P2/c1-3-5-7-9-11-12-13-14-15-16-19-24-28-32-44(53)64-38(35-61-43(52)31-27-23-20-17-18-22-26-30-40-39(65-40)29-25-21-10-8-6-4-2)36-62-68(57,58)67-69(59,60)63-37-41-45(54)46(55)47(66-41)51-34-33-42(49)50-48(51)56/h17,20-22,25-26,33-34,38-41,45-47,54-55H,3-16,18-19,23-24,27-32,35-37H2,1-2H3,(H,57,58)(H,59,60)(H2,49,50,56)/b20-17-,25-21-,26-22-/t38-,39?,40?,41-,45-,46-,47-/m1/s1. The lowest BCUT2D eigenvalue weighted by molar-refractivity contribution is -0.161. The number of epoxide rings is 1. The van der Waals surface area contributed by atoms with Gasteiger partial charge in [0.2, 0.25) is 0 Å². The molecule has 2 aliphatic rings. The number of aliphatic hydroxyl groups excluding tert-OH is 2. The first-order valence-electron chi connectivity index (χ1n) is 25.1. The lowest BCUT2D eigenvalue weighted by Crippen LogP contribution is -2.36. The Balaban J connectivity index is 1.41. The molecule has 0 radical (unpaired) electrons. The highest BCUT2D eigenvalue weighted by atomic mass is 31.3. The summed E-state index contributed by atoms with van der Waals surface area (Å²) in [6.45, 7) is 2.06. The van der Waals surface area contributed by atoms with E-state index in [-0.39, 0.29) is 24.8 Å². The van der Waals surface area contributed by atoms with Crippen molar-refractivity contribution in [3.05, 3.63) is 59.2 Å². The first-order valence-corrected chi connectivity index (χ1v) is 28.1. The van der Waals surface area contributed by atoms with Crippen molar-refractivity contribution in [1.29, 1.82) is 0 Å². The highest BCUT2D eigenvalue weighted by Crippen LogP contribution is 2.60. The van der Waals surface area contributed by atoms with Gasteiger partial charge in [-0.25, -0.2) is 13.9 Å². The molecule has 69 heavy (non-hydrogen) atoms. The van der Waals surface area contributed by atoms with Crippen molar-refractivity contribution >= 4 is 33.4 Å². The fraction of sp³-hybridized carbons (Fsp3) is 0.750. The number of rotatable bonds is 40. The van der Waals surface area contributed by atoms with Crippen molar-refractivity contribution in [3.63, 3.8) is 0 Å². The van der Waals surface area contributed by atoms with Gasteiger partial charge >= 0.3 is 33.3 Å². The van der Waals surface area contributed by atoms with E-state index in [1.165, 1.54) is 76.7 Å².